The van der Waals surface area contributed by atoms with E-state index in [-0.39, 0.29) is 33.8 Å². The highest BCUT2D eigenvalue weighted by Gasteiger charge is 2.29. The molecule has 0 atom stereocenters. The van der Waals surface area contributed by atoms with Crippen LogP contribution in [0.4, 0.5) is 9.59 Å². The predicted molar refractivity (Wildman–Crippen MR) is 151 cm³/mol. The van der Waals surface area contributed by atoms with Crippen LogP contribution < -0.4 is 9.47 Å². The fourth-order valence-corrected chi connectivity index (χ4v) is 4.30. The van der Waals surface area contributed by atoms with Gasteiger partial charge < -0.3 is 18.9 Å². The molecule has 0 radical (unpaired) electrons. The number of hydrogen-bond donors (Lipinski definition) is 0. The summed E-state index contributed by atoms with van der Waals surface area (Å²) in [7, 11) is 0. The molecule has 8 nitrogen and oxygen atoms in total. The average Bonchev–Trinajstić information content (AvgIpc) is 2.86. The van der Waals surface area contributed by atoms with Crippen molar-refractivity contribution in [1.29, 1.82) is 0 Å². The van der Waals surface area contributed by atoms with E-state index < -0.39 is 23.5 Å². The maximum absolute atomic E-state index is 12.9. The minimum absolute atomic E-state index is 0.0587. The van der Waals surface area contributed by atoms with Gasteiger partial charge in [0.2, 0.25) is 0 Å². The Morgan fingerprint density at radius 3 is 1.27 bits per heavy atom. The third-order valence-corrected chi connectivity index (χ3v) is 5.71. The van der Waals surface area contributed by atoms with Crippen molar-refractivity contribution in [1.82, 2.24) is 0 Å². The first-order chi connectivity index (χ1) is 18.8. The van der Waals surface area contributed by atoms with Crippen molar-refractivity contribution < 1.29 is 38.1 Å². The largest absolute Gasteiger partial charge is 0.514 e. The number of rotatable bonds is 5. The summed E-state index contributed by atoms with van der Waals surface area (Å²) in [6.07, 6.45) is -0.929. The monoisotopic (exact) mass is 542 g/mol. The van der Waals surface area contributed by atoms with E-state index in [1.54, 1.807) is 102 Å². The number of fused-ring (bicyclic) bond motifs is 2. The van der Waals surface area contributed by atoms with Gasteiger partial charge in [0.25, 0.3) is 0 Å². The molecule has 4 rings (SSSR count). The van der Waals surface area contributed by atoms with E-state index in [4.69, 9.17) is 18.9 Å². The van der Waals surface area contributed by atoms with Crippen molar-refractivity contribution in [2.24, 2.45) is 0 Å². The summed E-state index contributed by atoms with van der Waals surface area (Å²) in [5.41, 5.74) is -1.09. The molecule has 4 aromatic rings. The fraction of sp³-hybridized carbons (Fsp3) is 0.250. The van der Waals surface area contributed by atoms with Crippen molar-refractivity contribution in [3.8, 4) is 22.6 Å². The van der Waals surface area contributed by atoms with Gasteiger partial charge in [-0.25, -0.2) is 9.59 Å². The minimum atomic E-state index is -1.03. The Bertz CT molecular complexity index is 1510. The second kappa shape index (κ2) is 10.8. The molecule has 0 bridgehead atoms. The summed E-state index contributed by atoms with van der Waals surface area (Å²) >= 11 is 0. The van der Waals surface area contributed by atoms with E-state index >= 15 is 0 Å². The lowest BCUT2D eigenvalue weighted by Gasteiger charge is -2.23. The van der Waals surface area contributed by atoms with Crippen LogP contribution in [0, 0.1) is 0 Å². The number of carbonyl (C=O) groups is 4. The molecule has 0 amide bonds. The molecule has 0 aliphatic heterocycles. The average molecular weight is 543 g/mol. The Labute approximate surface area is 231 Å². The lowest BCUT2D eigenvalue weighted by atomic mass is 9.89. The van der Waals surface area contributed by atoms with Gasteiger partial charge in [0, 0.05) is 11.1 Å². The first-order valence-corrected chi connectivity index (χ1v) is 12.6. The molecular weight excluding hydrogens is 512 g/mol. The molecule has 0 aliphatic rings. The summed E-state index contributed by atoms with van der Waals surface area (Å²) in [6.45, 7) is 10.1. The van der Waals surface area contributed by atoms with Gasteiger partial charge in [0.05, 0.1) is 11.1 Å². The summed E-state index contributed by atoms with van der Waals surface area (Å²) < 4.78 is 22.2. The Morgan fingerprint density at radius 1 is 0.600 bits per heavy atom. The maximum atomic E-state index is 12.9. The summed E-state index contributed by atoms with van der Waals surface area (Å²) in [5, 5.41) is 2.46. The van der Waals surface area contributed by atoms with E-state index in [1.165, 1.54) is 0 Å². The lowest BCUT2D eigenvalue weighted by molar-refractivity contribution is 0.0189. The molecule has 0 spiro atoms. The second-order valence-electron chi connectivity index (χ2n) is 11.2. The molecule has 206 valence electrons. The van der Waals surface area contributed by atoms with Gasteiger partial charge in [0.15, 0.2) is 24.1 Å². The lowest BCUT2D eigenvalue weighted by Crippen LogP contribution is -2.27. The van der Waals surface area contributed by atoms with Gasteiger partial charge in [0.1, 0.15) is 11.2 Å². The molecule has 0 aliphatic carbocycles. The van der Waals surface area contributed by atoms with E-state index in [2.05, 4.69) is 0 Å². The van der Waals surface area contributed by atoms with E-state index in [0.717, 1.165) is 0 Å². The normalized spacial score (nSPS) is 11.7. The van der Waals surface area contributed by atoms with Gasteiger partial charge in [-0.2, -0.15) is 0 Å². The molecule has 0 saturated heterocycles. The maximum Gasteiger partial charge on any atom is 0.514 e. The zero-order valence-electron chi connectivity index (χ0n) is 23.2. The Morgan fingerprint density at radius 2 is 0.950 bits per heavy atom. The SMILES string of the molecule is CC(C)(C)OC(=O)Oc1c(C=O)cc2ccccc2c1-c1c(OC(=O)OC(C)(C)C)c(C=O)cc2ccccc12. The predicted octanol–water partition coefficient (Wildman–Crippen LogP) is 7.91. The standard InChI is InChI=1S/C32H30O8/c1-31(2,3)39-29(35)37-27-21(17-33)15-19-11-7-9-13-23(19)25(27)26-24-14-10-8-12-20(24)16-22(18-34)28(26)38-30(36)40-32(4,5)6/h7-18H,1-6H3. The van der Waals surface area contributed by atoms with Gasteiger partial charge in [-0.05, 0) is 75.2 Å². The number of ether oxygens (including phenoxy) is 4. The van der Waals surface area contributed by atoms with Crippen LogP contribution in [0.5, 0.6) is 11.5 Å². The van der Waals surface area contributed by atoms with Crippen molar-refractivity contribution >= 4 is 46.4 Å². The van der Waals surface area contributed by atoms with Crippen molar-refractivity contribution in [2.45, 2.75) is 52.7 Å². The smallest absolute Gasteiger partial charge is 0.428 e. The molecule has 4 aromatic carbocycles. The Kier molecular flexibility index (Phi) is 7.64. The molecule has 40 heavy (non-hydrogen) atoms. The summed E-state index contributed by atoms with van der Waals surface area (Å²) in [5.74, 6) is -0.213. The topological polar surface area (TPSA) is 105 Å². The van der Waals surface area contributed by atoms with Crippen LogP contribution in [0.15, 0.2) is 60.7 Å². The number of benzene rings is 4. The van der Waals surface area contributed by atoms with Gasteiger partial charge in [-0.1, -0.05) is 48.5 Å². The molecule has 0 N–H and O–H groups in total. The van der Waals surface area contributed by atoms with Crippen LogP contribution >= 0.6 is 0 Å². The van der Waals surface area contributed by atoms with E-state index in [1.807, 2.05) is 0 Å². The van der Waals surface area contributed by atoms with Crippen molar-refractivity contribution in [3.63, 3.8) is 0 Å². The van der Waals surface area contributed by atoms with Crippen LogP contribution in [-0.4, -0.2) is 36.1 Å². The van der Waals surface area contributed by atoms with Crippen LogP contribution in [0.2, 0.25) is 0 Å². The van der Waals surface area contributed by atoms with E-state index in [0.29, 0.717) is 34.1 Å². The molecular formula is C32H30O8. The fourth-order valence-electron chi connectivity index (χ4n) is 4.30. The number of carbonyl (C=O) groups excluding carboxylic acids is 4. The Balaban J connectivity index is 2.13. The number of hydrogen-bond acceptors (Lipinski definition) is 8. The van der Waals surface area contributed by atoms with Crippen molar-refractivity contribution in [2.75, 3.05) is 0 Å². The highest BCUT2D eigenvalue weighted by Crippen LogP contribution is 2.48. The van der Waals surface area contributed by atoms with Crippen LogP contribution in [0.25, 0.3) is 32.7 Å². The third-order valence-electron chi connectivity index (χ3n) is 5.71. The first kappa shape index (κ1) is 28.3. The number of aldehydes is 2. The zero-order valence-corrected chi connectivity index (χ0v) is 23.2. The quantitative estimate of drug-likeness (QED) is 0.142. The molecule has 0 saturated carbocycles. The van der Waals surface area contributed by atoms with Crippen LogP contribution in [0.1, 0.15) is 62.3 Å². The van der Waals surface area contributed by atoms with Crippen molar-refractivity contribution in [3.05, 3.63) is 71.8 Å². The zero-order chi connectivity index (χ0) is 29.2. The highest BCUT2D eigenvalue weighted by atomic mass is 16.7. The Hall–Kier alpha value is -4.72. The molecule has 8 heteroatoms. The summed E-state index contributed by atoms with van der Waals surface area (Å²) in [4.78, 5) is 50.5. The van der Waals surface area contributed by atoms with Gasteiger partial charge >= 0.3 is 12.3 Å². The second-order valence-corrected chi connectivity index (χ2v) is 11.2. The van der Waals surface area contributed by atoms with Crippen LogP contribution in [-0.2, 0) is 9.47 Å². The van der Waals surface area contributed by atoms with Crippen LogP contribution in [0.3, 0.4) is 0 Å². The van der Waals surface area contributed by atoms with Gasteiger partial charge in [-0.15, -0.1) is 0 Å². The molecule has 0 aromatic heterocycles. The third kappa shape index (κ3) is 6.12. The summed E-state index contributed by atoms with van der Waals surface area (Å²) in [6, 6.07) is 17.5. The van der Waals surface area contributed by atoms with E-state index in [9.17, 15) is 19.2 Å². The highest BCUT2D eigenvalue weighted by molar-refractivity contribution is 6.14. The molecule has 0 fully saturated rings. The minimum Gasteiger partial charge on any atom is -0.428 e. The van der Waals surface area contributed by atoms with Gasteiger partial charge in [-0.3, -0.25) is 9.59 Å². The molecule has 0 heterocycles. The molecule has 0 unspecified atom stereocenters. The first-order valence-electron chi connectivity index (χ1n) is 12.6.